The Kier molecular flexibility index (Phi) is 22.3. The number of ether oxygens (including phenoxy) is 3. The number of fused-ring (bicyclic) bond motifs is 1. The Labute approximate surface area is 310 Å². The summed E-state index contributed by atoms with van der Waals surface area (Å²) in [6, 6.07) is 18.7. The fourth-order valence-electron chi connectivity index (χ4n) is 6.60. The standard InChI is InChI=1S/C36H60NO3.C7H8O3S/c1-2-3-4-5-6-7-8-9-10-11-12-13-14-15-18-27-36-39-32-34(40-36)31-38-30-22-17-16-21-28-37-29-23-25-33-24-19-20-26-35(33)37;1-6-2-4-7(5-3-6)11(8,9)10/h19-20,23-26,29,34,36H,2-18,21-22,27-28,30-32H2,1H3;2-5H,1H3,(H,8,9,10)/q+1;/p-1/t34-,36-;/m1./s1. The summed E-state index contributed by atoms with van der Waals surface area (Å²) in [5.74, 6) is 0. The van der Waals surface area contributed by atoms with Gasteiger partial charge in [0.15, 0.2) is 12.5 Å². The van der Waals surface area contributed by atoms with Gasteiger partial charge in [-0.2, -0.15) is 4.57 Å². The van der Waals surface area contributed by atoms with Crippen LogP contribution < -0.4 is 4.57 Å². The van der Waals surface area contributed by atoms with Crippen molar-refractivity contribution >= 4 is 21.0 Å². The lowest BCUT2D eigenvalue weighted by Gasteiger charge is -2.12. The molecule has 286 valence electrons. The molecule has 0 unspecified atom stereocenters. The Morgan fingerprint density at radius 3 is 1.94 bits per heavy atom. The van der Waals surface area contributed by atoms with E-state index in [-0.39, 0.29) is 17.3 Å². The highest BCUT2D eigenvalue weighted by Crippen LogP contribution is 2.19. The first kappa shape index (κ1) is 43.0. The maximum absolute atomic E-state index is 10.4. The van der Waals surface area contributed by atoms with E-state index in [4.69, 9.17) is 14.2 Å². The van der Waals surface area contributed by atoms with Crippen molar-refractivity contribution in [2.75, 3.05) is 19.8 Å². The van der Waals surface area contributed by atoms with E-state index < -0.39 is 10.1 Å². The van der Waals surface area contributed by atoms with Crippen molar-refractivity contribution in [1.29, 1.82) is 0 Å². The zero-order valence-electron chi connectivity index (χ0n) is 31.8. The lowest BCUT2D eigenvalue weighted by Crippen LogP contribution is -2.33. The van der Waals surface area contributed by atoms with E-state index in [1.807, 2.05) is 6.92 Å². The molecule has 2 aromatic carbocycles. The summed E-state index contributed by atoms with van der Waals surface area (Å²) in [4.78, 5) is -0.178. The lowest BCUT2D eigenvalue weighted by atomic mass is 10.0. The van der Waals surface area contributed by atoms with Gasteiger partial charge in [0.2, 0.25) is 5.52 Å². The molecule has 1 aliphatic rings. The minimum absolute atomic E-state index is 0.0119. The molecule has 4 rings (SSSR count). The normalized spacial score (nSPS) is 16.0. The highest BCUT2D eigenvalue weighted by atomic mass is 32.2. The second kappa shape index (κ2) is 26.4. The predicted molar refractivity (Wildman–Crippen MR) is 207 cm³/mol. The topological polar surface area (TPSA) is 88.8 Å². The van der Waals surface area contributed by atoms with Crippen molar-refractivity contribution in [3.8, 4) is 0 Å². The molecule has 0 amide bonds. The number of nitrogens with zero attached hydrogens (tertiary/aromatic N) is 1. The predicted octanol–water partition coefficient (Wildman–Crippen LogP) is 10.6. The smallest absolute Gasteiger partial charge is 0.212 e. The summed E-state index contributed by atoms with van der Waals surface area (Å²) in [5, 5.41) is 1.31. The van der Waals surface area contributed by atoms with Crippen LogP contribution >= 0.6 is 0 Å². The number of benzene rings is 2. The van der Waals surface area contributed by atoms with Gasteiger partial charge in [-0.05, 0) is 56.9 Å². The fourth-order valence-corrected chi connectivity index (χ4v) is 7.07. The molecule has 0 saturated carbocycles. The molecule has 7 nitrogen and oxygen atoms in total. The van der Waals surface area contributed by atoms with Crippen LogP contribution in [0.1, 0.15) is 141 Å². The number of unbranched alkanes of at least 4 members (excludes halogenated alkanes) is 17. The number of hydrogen-bond acceptors (Lipinski definition) is 6. The molecule has 2 heterocycles. The molecule has 1 aliphatic heterocycles. The Morgan fingerprint density at radius 2 is 1.29 bits per heavy atom. The first-order valence-corrected chi connectivity index (χ1v) is 21.5. The van der Waals surface area contributed by atoms with E-state index in [0.717, 1.165) is 31.6 Å². The Morgan fingerprint density at radius 1 is 0.725 bits per heavy atom. The van der Waals surface area contributed by atoms with Gasteiger partial charge in [0.25, 0.3) is 0 Å². The summed E-state index contributed by atoms with van der Waals surface area (Å²) in [5.41, 5.74) is 2.25. The van der Waals surface area contributed by atoms with E-state index in [9.17, 15) is 13.0 Å². The van der Waals surface area contributed by atoms with Crippen LogP contribution in [0, 0.1) is 6.92 Å². The van der Waals surface area contributed by atoms with Crippen LogP contribution in [0.5, 0.6) is 0 Å². The molecule has 2 atom stereocenters. The number of aryl methyl sites for hydroxylation is 2. The van der Waals surface area contributed by atoms with E-state index in [1.165, 1.54) is 139 Å². The molecule has 3 aromatic rings. The molecular formula is C43H67NO6S. The lowest BCUT2D eigenvalue weighted by molar-refractivity contribution is -0.671. The van der Waals surface area contributed by atoms with E-state index in [1.54, 1.807) is 12.1 Å². The van der Waals surface area contributed by atoms with Gasteiger partial charge in [-0.1, -0.05) is 133 Å². The number of rotatable bonds is 26. The minimum Gasteiger partial charge on any atom is -0.744 e. The number of para-hydroxylation sites is 1. The molecule has 1 aromatic heterocycles. The third-order valence-electron chi connectivity index (χ3n) is 9.69. The molecule has 0 spiro atoms. The van der Waals surface area contributed by atoms with Crippen molar-refractivity contribution < 1.29 is 31.7 Å². The maximum Gasteiger partial charge on any atom is 0.212 e. The Balaban J connectivity index is 0.000000542. The highest BCUT2D eigenvalue weighted by molar-refractivity contribution is 7.85. The van der Waals surface area contributed by atoms with E-state index in [0.29, 0.717) is 13.2 Å². The van der Waals surface area contributed by atoms with Gasteiger partial charge in [0.1, 0.15) is 22.8 Å². The van der Waals surface area contributed by atoms with Gasteiger partial charge in [-0.15, -0.1) is 0 Å². The van der Waals surface area contributed by atoms with Crippen LogP contribution in [0.15, 0.2) is 71.8 Å². The molecule has 1 saturated heterocycles. The summed E-state index contributed by atoms with van der Waals surface area (Å²) < 4.78 is 51.4. The second-order valence-electron chi connectivity index (χ2n) is 14.3. The minimum atomic E-state index is -4.27. The number of aromatic nitrogens is 1. The zero-order valence-corrected chi connectivity index (χ0v) is 32.6. The van der Waals surface area contributed by atoms with Crippen LogP contribution in [0.2, 0.25) is 0 Å². The van der Waals surface area contributed by atoms with Gasteiger partial charge in [0, 0.05) is 30.5 Å². The van der Waals surface area contributed by atoms with Gasteiger partial charge in [-0.3, -0.25) is 0 Å². The van der Waals surface area contributed by atoms with Crippen LogP contribution in [-0.4, -0.2) is 45.2 Å². The second-order valence-corrected chi connectivity index (χ2v) is 15.7. The van der Waals surface area contributed by atoms with Crippen LogP contribution in [0.25, 0.3) is 10.9 Å². The SMILES string of the molecule is CCCCCCCCCCCCCCCCC[C@@H]1OC[C@@H](COCCCCCC[n+]2cccc3ccccc32)O1.Cc1ccc(S(=O)(=O)[O-])cc1. The Bertz CT molecular complexity index is 1410. The van der Waals surface area contributed by atoms with Crippen molar-refractivity contribution in [1.82, 2.24) is 0 Å². The third kappa shape index (κ3) is 19.3. The first-order chi connectivity index (χ1) is 24.9. The number of hydrogen-bond donors (Lipinski definition) is 0. The molecule has 0 aliphatic carbocycles. The number of pyridine rings is 1. The van der Waals surface area contributed by atoms with Crippen molar-refractivity contribution in [3.63, 3.8) is 0 Å². The van der Waals surface area contributed by atoms with E-state index in [2.05, 4.69) is 54.1 Å². The summed E-state index contributed by atoms with van der Waals surface area (Å²) in [6.45, 7) is 7.37. The monoisotopic (exact) mass is 725 g/mol. The molecule has 51 heavy (non-hydrogen) atoms. The van der Waals surface area contributed by atoms with Crippen LogP contribution in [0.3, 0.4) is 0 Å². The molecular weight excluding hydrogens is 659 g/mol. The van der Waals surface area contributed by atoms with Gasteiger partial charge in [0.05, 0.1) is 18.1 Å². The summed E-state index contributed by atoms with van der Waals surface area (Å²) in [7, 11) is -4.27. The Hall–Kier alpha value is -2.36. The maximum atomic E-state index is 10.4. The van der Waals surface area contributed by atoms with Gasteiger partial charge >= 0.3 is 0 Å². The molecule has 8 heteroatoms. The zero-order chi connectivity index (χ0) is 36.4. The fraction of sp³-hybridized carbons (Fsp3) is 0.651. The quantitative estimate of drug-likeness (QED) is 0.0465. The van der Waals surface area contributed by atoms with Crippen molar-refractivity contribution in [2.45, 2.75) is 166 Å². The van der Waals surface area contributed by atoms with Crippen LogP contribution in [0.4, 0.5) is 0 Å². The average Bonchev–Trinajstić information content (AvgIpc) is 3.58. The summed E-state index contributed by atoms with van der Waals surface area (Å²) >= 11 is 0. The summed E-state index contributed by atoms with van der Waals surface area (Å²) in [6.07, 6.45) is 29.1. The molecule has 1 fully saturated rings. The van der Waals surface area contributed by atoms with E-state index >= 15 is 0 Å². The molecule has 0 bridgehead atoms. The van der Waals surface area contributed by atoms with Gasteiger partial charge in [-0.25, -0.2) is 8.42 Å². The third-order valence-corrected chi connectivity index (χ3v) is 10.5. The first-order valence-electron chi connectivity index (χ1n) is 20.1. The van der Waals surface area contributed by atoms with Gasteiger partial charge < -0.3 is 18.8 Å². The highest BCUT2D eigenvalue weighted by Gasteiger charge is 2.25. The van der Waals surface area contributed by atoms with Crippen molar-refractivity contribution in [3.05, 3.63) is 72.4 Å². The largest absolute Gasteiger partial charge is 0.744 e. The molecule has 0 radical (unpaired) electrons. The molecule has 0 N–H and O–H groups in total. The van der Waals surface area contributed by atoms with Crippen LogP contribution in [-0.2, 0) is 30.9 Å². The average molecular weight is 726 g/mol. The van der Waals surface area contributed by atoms with Crippen molar-refractivity contribution in [2.24, 2.45) is 0 Å².